The van der Waals surface area contributed by atoms with Crippen LogP contribution in [0.5, 0.6) is 5.75 Å². The number of nitrogens with zero attached hydrogens (tertiary/aromatic N) is 3. The van der Waals surface area contributed by atoms with E-state index in [-0.39, 0.29) is 11.7 Å². The minimum atomic E-state index is -4.42. The molecule has 0 saturated heterocycles. The summed E-state index contributed by atoms with van der Waals surface area (Å²) in [6.07, 6.45) is -2.87. The molecule has 144 valence electrons. The van der Waals surface area contributed by atoms with Gasteiger partial charge in [-0.3, -0.25) is 9.69 Å². The molecule has 1 aromatic heterocycles. The molecular formula is C20H16F3N3O2. The molecule has 0 fully saturated rings. The van der Waals surface area contributed by atoms with Crippen LogP contribution in [0.1, 0.15) is 6.92 Å². The summed E-state index contributed by atoms with van der Waals surface area (Å²) in [7, 11) is 0. The highest BCUT2D eigenvalue weighted by Crippen LogP contribution is 2.28. The van der Waals surface area contributed by atoms with E-state index in [0.29, 0.717) is 17.3 Å². The predicted molar refractivity (Wildman–Crippen MR) is 98.3 cm³/mol. The van der Waals surface area contributed by atoms with Crippen LogP contribution in [-0.2, 0) is 4.79 Å². The van der Waals surface area contributed by atoms with E-state index in [4.69, 9.17) is 4.74 Å². The van der Waals surface area contributed by atoms with Gasteiger partial charge in [0.05, 0.1) is 5.69 Å². The fraction of sp³-hybridized carbons (Fsp3) is 0.150. The molecule has 8 heteroatoms. The van der Waals surface area contributed by atoms with E-state index >= 15 is 0 Å². The van der Waals surface area contributed by atoms with E-state index in [1.165, 1.54) is 36.1 Å². The molecule has 1 amide bonds. The van der Waals surface area contributed by atoms with E-state index in [1.807, 2.05) is 30.3 Å². The average molecular weight is 387 g/mol. The van der Waals surface area contributed by atoms with Crippen LogP contribution in [0.4, 0.5) is 24.7 Å². The van der Waals surface area contributed by atoms with Gasteiger partial charge in [-0.1, -0.05) is 30.3 Å². The molecule has 5 nitrogen and oxygen atoms in total. The van der Waals surface area contributed by atoms with Gasteiger partial charge in [0.15, 0.2) is 12.4 Å². The van der Waals surface area contributed by atoms with Gasteiger partial charge in [0, 0.05) is 18.7 Å². The fourth-order valence-electron chi connectivity index (χ4n) is 2.53. The first-order valence-corrected chi connectivity index (χ1v) is 8.32. The lowest BCUT2D eigenvalue weighted by atomic mass is 10.2. The largest absolute Gasteiger partial charge is 0.484 e. The molecule has 0 saturated carbocycles. The second-order valence-corrected chi connectivity index (χ2v) is 5.86. The minimum absolute atomic E-state index is 0.0530. The summed E-state index contributed by atoms with van der Waals surface area (Å²) in [5, 5.41) is 0. The Labute approximate surface area is 159 Å². The Hall–Kier alpha value is -3.42. The van der Waals surface area contributed by atoms with Gasteiger partial charge in [0.2, 0.25) is 5.91 Å². The summed E-state index contributed by atoms with van der Waals surface area (Å²) >= 11 is 0. The zero-order chi connectivity index (χ0) is 20.1. The molecular weight excluding hydrogens is 371 g/mol. The van der Waals surface area contributed by atoms with Crippen molar-refractivity contribution < 1.29 is 22.7 Å². The Bertz CT molecular complexity index is 945. The summed E-state index contributed by atoms with van der Waals surface area (Å²) in [6.45, 7) is -0.00647. The van der Waals surface area contributed by atoms with Gasteiger partial charge in [-0.15, -0.1) is 0 Å². The van der Waals surface area contributed by atoms with Gasteiger partial charge in [0.1, 0.15) is 11.6 Å². The number of benzene rings is 2. The van der Waals surface area contributed by atoms with Crippen LogP contribution in [0.15, 0.2) is 66.9 Å². The lowest BCUT2D eigenvalue weighted by Gasteiger charge is -2.21. The molecule has 0 aliphatic carbocycles. The molecule has 0 unspecified atom stereocenters. The van der Waals surface area contributed by atoms with Gasteiger partial charge in [0.25, 0.3) is 0 Å². The summed E-state index contributed by atoms with van der Waals surface area (Å²) in [4.78, 5) is 22.2. The van der Waals surface area contributed by atoms with E-state index in [9.17, 15) is 18.0 Å². The van der Waals surface area contributed by atoms with Gasteiger partial charge >= 0.3 is 6.18 Å². The van der Waals surface area contributed by atoms with Gasteiger partial charge in [-0.25, -0.2) is 9.97 Å². The van der Waals surface area contributed by atoms with Crippen LogP contribution in [-0.4, -0.2) is 28.7 Å². The first kappa shape index (κ1) is 19.3. The quantitative estimate of drug-likeness (QED) is 0.633. The van der Waals surface area contributed by atoms with Crippen LogP contribution in [0.25, 0.3) is 11.4 Å². The third-order valence-electron chi connectivity index (χ3n) is 3.71. The second-order valence-electron chi connectivity index (χ2n) is 5.86. The number of ether oxygens (including phenoxy) is 1. The Morgan fingerprint density at radius 1 is 1.04 bits per heavy atom. The summed E-state index contributed by atoms with van der Waals surface area (Å²) in [5.41, 5.74) is 1.24. The van der Waals surface area contributed by atoms with Crippen molar-refractivity contribution in [2.24, 2.45) is 0 Å². The van der Waals surface area contributed by atoms with Crippen molar-refractivity contribution in [1.29, 1.82) is 0 Å². The van der Waals surface area contributed by atoms with Crippen molar-refractivity contribution in [2.45, 2.75) is 13.1 Å². The second kappa shape index (κ2) is 8.08. The molecule has 3 aromatic rings. The summed E-state index contributed by atoms with van der Waals surface area (Å²) in [5.74, 6) is 0.554. The first-order valence-electron chi connectivity index (χ1n) is 8.32. The maximum atomic E-state index is 12.3. The minimum Gasteiger partial charge on any atom is -0.484 e. The van der Waals surface area contributed by atoms with Crippen LogP contribution in [0.2, 0.25) is 0 Å². The molecule has 0 N–H and O–H groups in total. The number of amides is 1. The molecule has 0 aliphatic heterocycles. The summed E-state index contributed by atoms with van der Waals surface area (Å²) < 4.78 is 41.5. The molecule has 3 rings (SSSR count). The number of hydrogen-bond donors (Lipinski definition) is 0. The van der Waals surface area contributed by atoms with Crippen LogP contribution in [0.3, 0.4) is 0 Å². The van der Waals surface area contributed by atoms with Crippen LogP contribution < -0.4 is 9.64 Å². The zero-order valence-electron chi connectivity index (χ0n) is 14.8. The van der Waals surface area contributed by atoms with Crippen molar-refractivity contribution in [1.82, 2.24) is 9.97 Å². The Kier molecular flexibility index (Phi) is 5.58. The Morgan fingerprint density at radius 3 is 2.32 bits per heavy atom. The zero-order valence-corrected chi connectivity index (χ0v) is 14.8. The van der Waals surface area contributed by atoms with Crippen molar-refractivity contribution in [3.8, 4) is 17.1 Å². The monoisotopic (exact) mass is 387 g/mol. The molecule has 0 radical (unpaired) electrons. The molecule has 2 aromatic carbocycles. The van der Waals surface area contributed by atoms with Crippen molar-refractivity contribution >= 4 is 17.4 Å². The van der Waals surface area contributed by atoms with E-state index in [1.54, 1.807) is 12.3 Å². The molecule has 0 spiro atoms. The maximum absolute atomic E-state index is 12.3. The molecule has 0 aliphatic rings. The SMILES string of the molecule is CC(=O)N(c1ccc(OCC(F)(F)F)cc1)c1ccnc(-c2ccccc2)n1. The third-order valence-corrected chi connectivity index (χ3v) is 3.71. The topological polar surface area (TPSA) is 55.3 Å². The summed E-state index contributed by atoms with van der Waals surface area (Å²) in [6, 6.07) is 16.6. The van der Waals surface area contributed by atoms with Crippen LogP contribution in [0, 0.1) is 0 Å². The number of halogens is 3. The van der Waals surface area contributed by atoms with Crippen LogP contribution >= 0.6 is 0 Å². The molecule has 28 heavy (non-hydrogen) atoms. The number of rotatable bonds is 5. The lowest BCUT2D eigenvalue weighted by Crippen LogP contribution is -2.24. The van der Waals surface area contributed by atoms with Gasteiger partial charge in [-0.2, -0.15) is 13.2 Å². The number of carbonyl (C=O) groups excluding carboxylic acids is 1. The van der Waals surface area contributed by atoms with E-state index in [0.717, 1.165) is 5.56 Å². The van der Waals surface area contributed by atoms with Crippen molar-refractivity contribution in [3.63, 3.8) is 0 Å². The molecule has 0 bridgehead atoms. The van der Waals surface area contributed by atoms with Crippen molar-refractivity contribution in [2.75, 3.05) is 11.5 Å². The van der Waals surface area contributed by atoms with Gasteiger partial charge in [-0.05, 0) is 30.3 Å². The maximum Gasteiger partial charge on any atom is 0.422 e. The Balaban J connectivity index is 1.87. The van der Waals surface area contributed by atoms with E-state index < -0.39 is 12.8 Å². The normalized spacial score (nSPS) is 11.1. The number of alkyl halides is 3. The highest BCUT2D eigenvalue weighted by Gasteiger charge is 2.28. The number of hydrogen-bond acceptors (Lipinski definition) is 4. The highest BCUT2D eigenvalue weighted by atomic mass is 19.4. The fourth-order valence-corrected chi connectivity index (χ4v) is 2.53. The van der Waals surface area contributed by atoms with Crippen molar-refractivity contribution in [3.05, 3.63) is 66.9 Å². The van der Waals surface area contributed by atoms with Gasteiger partial charge < -0.3 is 4.74 Å². The number of anilines is 2. The third kappa shape index (κ3) is 4.85. The molecule has 0 atom stereocenters. The standard InChI is InChI=1S/C20H16F3N3O2/c1-14(27)26(16-7-9-17(10-8-16)28-13-20(21,22)23)18-11-12-24-19(25-18)15-5-3-2-4-6-15/h2-12H,13H2,1H3. The smallest absolute Gasteiger partial charge is 0.422 e. The molecule has 1 heterocycles. The average Bonchev–Trinajstić information content (AvgIpc) is 2.68. The van der Waals surface area contributed by atoms with E-state index in [2.05, 4.69) is 9.97 Å². The Morgan fingerprint density at radius 2 is 1.71 bits per heavy atom. The first-order chi connectivity index (χ1) is 13.3. The number of aromatic nitrogens is 2. The number of carbonyl (C=O) groups is 1. The lowest BCUT2D eigenvalue weighted by molar-refractivity contribution is -0.153. The highest BCUT2D eigenvalue weighted by molar-refractivity contribution is 5.98. The predicted octanol–water partition coefficient (Wildman–Crippen LogP) is 4.77.